The lowest BCUT2D eigenvalue weighted by atomic mass is 9.97. The molecule has 18 heavy (non-hydrogen) atoms. The highest BCUT2D eigenvalue weighted by atomic mass is 16.5. The minimum Gasteiger partial charge on any atom is -0.480 e. The van der Waals surface area contributed by atoms with E-state index < -0.39 is 5.97 Å². The highest BCUT2D eigenvalue weighted by Gasteiger charge is 2.37. The molecule has 2 fully saturated rings. The number of carbonyl (C=O) groups excluding carboxylic acids is 1. The third-order valence-corrected chi connectivity index (χ3v) is 3.74. The molecule has 1 aliphatic heterocycles. The van der Waals surface area contributed by atoms with E-state index in [0.717, 1.165) is 25.7 Å². The molecule has 2 rings (SSSR count). The van der Waals surface area contributed by atoms with Gasteiger partial charge in [0.15, 0.2) is 0 Å². The van der Waals surface area contributed by atoms with Crippen LogP contribution in [0.3, 0.4) is 0 Å². The van der Waals surface area contributed by atoms with Crippen molar-refractivity contribution in [3.8, 4) is 0 Å². The van der Waals surface area contributed by atoms with Crippen LogP contribution in [0.25, 0.3) is 0 Å². The lowest BCUT2D eigenvalue weighted by Gasteiger charge is -2.26. The zero-order valence-corrected chi connectivity index (χ0v) is 10.8. The molecule has 1 N–H and O–H groups in total. The maximum Gasteiger partial charge on any atom is 0.323 e. The Balaban J connectivity index is 1.98. The third-order valence-electron chi connectivity index (χ3n) is 3.74. The molecular weight excluding hydrogens is 234 g/mol. The zero-order chi connectivity index (χ0) is 13.1. The molecular formula is C13H21NO4. The summed E-state index contributed by atoms with van der Waals surface area (Å²) in [5, 5.41) is 8.91. The third kappa shape index (κ3) is 3.22. The number of carboxylic acid groups (broad SMARTS) is 1. The fraction of sp³-hybridized carbons (Fsp3) is 0.846. The minimum absolute atomic E-state index is 0.0337. The monoisotopic (exact) mass is 255 g/mol. The normalized spacial score (nSPS) is 27.2. The average Bonchev–Trinajstić information content (AvgIpc) is 3.01. The molecule has 0 aromatic heterocycles. The highest BCUT2D eigenvalue weighted by molar-refractivity contribution is 5.83. The van der Waals surface area contributed by atoms with Crippen LogP contribution in [0.2, 0.25) is 0 Å². The van der Waals surface area contributed by atoms with E-state index in [2.05, 4.69) is 0 Å². The van der Waals surface area contributed by atoms with Crippen LogP contribution in [0.1, 0.15) is 32.6 Å². The van der Waals surface area contributed by atoms with Gasteiger partial charge in [-0.1, -0.05) is 6.92 Å². The van der Waals surface area contributed by atoms with Gasteiger partial charge < -0.3 is 14.7 Å². The Morgan fingerprint density at radius 1 is 1.33 bits per heavy atom. The fourth-order valence-electron chi connectivity index (χ4n) is 2.58. The van der Waals surface area contributed by atoms with Gasteiger partial charge in [0, 0.05) is 13.2 Å². The van der Waals surface area contributed by atoms with E-state index in [1.807, 2.05) is 6.92 Å². The zero-order valence-electron chi connectivity index (χ0n) is 10.8. The first-order chi connectivity index (χ1) is 8.61. The number of rotatable bonds is 6. The van der Waals surface area contributed by atoms with Crippen LogP contribution >= 0.6 is 0 Å². The number of nitrogens with zero attached hydrogens (tertiary/aromatic N) is 1. The van der Waals surface area contributed by atoms with E-state index in [9.17, 15) is 9.59 Å². The minimum atomic E-state index is -0.934. The van der Waals surface area contributed by atoms with Crippen LogP contribution in [0.5, 0.6) is 0 Å². The molecule has 2 aliphatic rings. The van der Waals surface area contributed by atoms with Gasteiger partial charge in [0.1, 0.15) is 6.54 Å². The van der Waals surface area contributed by atoms with Crippen LogP contribution in [-0.2, 0) is 14.3 Å². The lowest BCUT2D eigenvalue weighted by molar-refractivity contribution is -0.147. The van der Waals surface area contributed by atoms with Crippen LogP contribution in [0.15, 0.2) is 0 Å². The van der Waals surface area contributed by atoms with Gasteiger partial charge in [-0.2, -0.15) is 0 Å². The second-order valence-electron chi connectivity index (χ2n) is 5.27. The van der Waals surface area contributed by atoms with Gasteiger partial charge in [0.05, 0.1) is 12.0 Å². The summed E-state index contributed by atoms with van der Waals surface area (Å²) in [5.74, 6) is -0.603. The van der Waals surface area contributed by atoms with Crippen LogP contribution in [-0.4, -0.2) is 47.7 Å². The Morgan fingerprint density at radius 3 is 2.61 bits per heavy atom. The predicted molar refractivity (Wildman–Crippen MR) is 65.1 cm³/mol. The summed E-state index contributed by atoms with van der Waals surface area (Å²) in [7, 11) is 0. The summed E-state index contributed by atoms with van der Waals surface area (Å²) in [5.41, 5.74) is 0. The molecule has 102 valence electrons. The average molecular weight is 255 g/mol. The van der Waals surface area contributed by atoms with Gasteiger partial charge in [-0.15, -0.1) is 0 Å². The van der Waals surface area contributed by atoms with E-state index >= 15 is 0 Å². The standard InChI is InChI=1S/C13H21NO4/c1-2-11-10(5-6-18-11)13(17)14(8-12(15)16)7-9-3-4-9/h9-11H,2-8H2,1H3,(H,15,16). The molecule has 0 aromatic carbocycles. The van der Waals surface area contributed by atoms with E-state index in [-0.39, 0.29) is 24.5 Å². The second kappa shape index (κ2) is 5.69. The molecule has 2 unspecified atom stereocenters. The van der Waals surface area contributed by atoms with Crippen molar-refractivity contribution in [3.05, 3.63) is 0 Å². The molecule has 5 nitrogen and oxygen atoms in total. The molecule has 0 radical (unpaired) electrons. The molecule has 1 heterocycles. The van der Waals surface area contributed by atoms with E-state index in [1.54, 1.807) is 0 Å². The first-order valence-corrected chi connectivity index (χ1v) is 6.74. The van der Waals surface area contributed by atoms with Gasteiger partial charge in [0.2, 0.25) is 5.91 Å². The largest absolute Gasteiger partial charge is 0.480 e. The van der Waals surface area contributed by atoms with Crippen molar-refractivity contribution < 1.29 is 19.4 Å². The first kappa shape index (κ1) is 13.3. The summed E-state index contributed by atoms with van der Waals surface area (Å²) < 4.78 is 5.52. The van der Waals surface area contributed by atoms with E-state index in [0.29, 0.717) is 19.1 Å². The summed E-state index contributed by atoms with van der Waals surface area (Å²) in [4.78, 5) is 24.8. The van der Waals surface area contributed by atoms with Gasteiger partial charge in [-0.25, -0.2) is 0 Å². The lowest BCUT2D eigenvalue weighted by Crippen LogP contribution is -2.43. The molecule has 0 spiro atoms. The van der Waals surface area contributed by atoms with Gasteiger partial charge in [0.25, 0.3) is 0 Å². The Morgan fingerprint density at radius 2 is 2.06 bits per heavy atom. The van der Waals surface area contributed by atoms with E-state index in [1.165, 1.54) is 4.90 Å². The molecule has 1 aliphatic carbocycles. The van der Waals surface area contributed by atoms with E-state index in [4.69, 9.17) is 9.84 Å². The first-order valence-electron chi connectivity index (χ1n) is 6.74. The van der Waals surface area contributed by atoms with Crippen molar-refractivity contribution in [3.63, 3.8) is 0 Å². The number of carbonyl (C=O) groups is 2. The number of amides is 1. The smallest absolute Gasteiger partial charge is 0.323 e. The molecule has 2 atom stereocenters. The van der Waals surface area contributed by atoms with Crippen molar-refractivity contribution in [2.45, 2.75) is 38.7 Å². The number of carboxylic acids is 1. The van der Waals surface area contributed by atoms with Crippen molar-refractivity contribution in [1.29, 1.82) is 0 Å². The highest BCUT2D eigenvalue weighted by Crippen LogP contribution is 2.31. The Bertz CT molecular complexity index is 327. The number of hydrogen-bond donors (Lipinski definition) is 1. The molecule has 1 amide bonds. The quantitative estimate of drug-likeness (QED) is 0.772. The number of hydrogen-bond acceptors (Lipinski definition) is 3. The maximum atomic E-state index is 12.4. The topological polar surface area (TPSA) is 66.8 Å². The predicted octanol–water partition coefficient (Wildman–Crippen LogP) is 1.12. The summed E-state index contributed by atoms with van der Waals surface area (Å²) in [6, 6.07) is 0. The molecule has 1 saturated heterocycles. The summed E-state index contributed by atoms with van der Waals surface area (Å²) in [6.07, 6.45) is 3.72. The number of aliphatic carboxylic acids is 1. The summed E-state index contributed by atoms with van der Waals surface area (Å²) >= 11 is 0. The van der Waals surface area contributed by atoms with Crippen molar-refractivity contribution in [2.75, 3.05) is 19.7 Å². The number of ether oxygens (including phenoxy) is 1. The van der Waals surface area contributed by atoms with Crippen molar-refractivity contribution in [1.82, 2.24) is 4.90 Å². The maximum absolute atomic E-state index is 12.4. The second-order valence-corrected chi connectivity index (χ2v) is 5.27. The SMILES string of the molecule is CCC1OCCC1C(=O)N(CC(=O)O)CC1CC1. The molecule has 0 aromatic rings. The Kier molecular flexibility index (Phi) is 4.22. The Hall–Kier alpha value is -1.10. The van der Waals surface area contributed by atoms with Crippen molar-refractivity contribution in [2.24, 2.45) is 11.8 Å². The Labute approximate surface area is 107 Å². The molecule has 0 bridgehead atoms. The summed E-state index contributed by atoms with van der Waals surface area (Å²) in [6.45, 7) is 3.03. The molecule has 1 saturated carbocycles. The van der Waals surface area contributed by atoms with Gasteiger partial charge in [-0.3, -0.25) is 9.59 Å². The van der Waals surface area contributed by atoms with Crippen LogP contribution in [0.4, 0.5) is 0 Å². The fourth-order valence-corrected chi connectivity index (χ4v) is 2.58. The molecule has 5 heteroatoms. The van der Waals surface area contributed by atoms with Crippen LogP contribution < -0.4 is 0 Å². The van der Waals surface area contributed by atoms with Crippen LogP contribution in [0, 0.1) is 11.8 Å². The van der Waals surface area contributed by atoms with Gasteiger partial charge >= 0.3 is 5.97 Å². The van der Waals surface area contributed by atoms with Crippen molar-refractivity contribution >= 4 is 11.9 Å². The van der Waals surface area contributed by atoms with Gasteiger partial charge in [-0.05, 0) is 31.6 Å².